The molecule has 0 aromatic heterocycles. The van der Waals surface area contributed by atoms with Crippen molar-refractivity contribution in [3.63, 3.8) is 0 Å². The van der Waals surface area contributed by atoms with Gasteiger partial charge >= 0.3 is 165 Å². The first-order valence-electron chi connectivity index (χ1n) is 8.27. The molecule has 0 atom stereocenters. The summed E-state index contributed by atoms with van der Waals surface area (Å²) in [5.74, 6) is -0.0113. The van der Waals surface area contributed by atoms with Crippen LogP contribution in [0.1, 0.15) is 25.0 Å². The van der Waals surface area contributed by atoms with Crippen molar-refractivity contribution < 1.29 is 4.79 Å². The molecule has 0 spiro atoms. The third-order valence-electron chi connectivity index (χ3n) is 4.23. The molecule has 1 heterocycles. The zero-order valence-corrected chi connectivity index (χ0v) is 17.5. The third-order valence-corrected chi connectivity index (χ3v) is 5.60. The predicted octanol–water partition coefficient (Wildman–Crippen LogP) is 3.98. The van der Waals surface area contributed by atoms with Crippen LogP contribution in [-0.2, 0) is 11.2 Å². The molecule has 5 heteroatoms. The monoisotopic (exact) mass is 462 g/mol. The van der Waals surface area contributed by atoms with E-state index in [0.717, 1.165) is 33.4 Å². The number of hydrogen-bond donors (Lipinski definition) is 0. The number of carbonyl (C=O) groups is 1. The molecular formula is C20H19BrN2OSe. The second-order valence-corrected chi connectivity index (χ2v) is 7.45. The van der Waals surface area contributed by atoms with Crippen LogP contribution in [0, 0.1) is 0 Å². The molecular weight excluding hydrogens is 443 g/mol. The Morgan fingerprint density at radius 1 is 1.04 bits per heavy atom. The van der Waals surface area contributed by atoms with Gasteiger partial charge in [0.1, 0.15) is 0 Å². The number of amides is 1. The number of carbonyl (C=O) groups excluding carboxylic acids is 1. The molecule has 0 saturated carbocycles. The average Bonchev–Trinajstić information content (AvgIpc) is 2.86. The molecule has 2 aromatic carbocycles. The van der Waals surface area contributed by atoms with Crippen LogP contribution in [0.5, 0.6) is 0 Å². The summed E-state index contributed by atoms with van der Waals surface area (Å²) < 4.78 is 1.84. The Labute approximate surface area is 164 Å². The van der Waals surface area contributed by atoms with Crippen LogP contribution >= 0.6 is 15.9 Å². The van der Waals surface area contributed by atoms with Gasteiger partial charge in [-0.15, -0.1) is 0 Å². The van der Waals surface area contributed by atoms with Crippen LogP contribution in [0.15, 0.2) is 58.7 Å². The average molecular weight is 462 g/mol. The minimum absolute atomic E-state index is 0.0113. The molecule has 1 fully saturated rings. The van der Waals surface area contributed by atoms with Crippen molar-refractivity contribution in [3.8, 4) is 0 Å². The molecule has 0 unspecified atom stereocenters. The van der Waals surface area contributed by atoms with Crippen molar-refractivity contribution in [2.75, 3.05) is 11.4 Å². The van der Waals surface area contributed by atoms with E-state index < -0.39 is 0 Å². The molecule has 1 amide bonds. The number of benzene rings is 2. The van der Waals surface area contributed by atoms with Gasteiger partial charge in [0.05, 0.1) is 0 Å². The number of rotatable bonds is 4. The Kier molecular flexibility index (Phi) is 5.57. The summed E-state index contributed by atoms with van der Waals surface area (Å²) in [6.07, 6.45) is 2.93. The van der Waals surface area contributed by atoms with Gasteiger partial charge in [0.25, 0.3) is 0 Å². The quantitative estimate of drug-likeness (QED) is 0.507. The van der Waals surface area contributed by atoms with Gasteiger partial charge < -0.3 is 0 Å². The normalized spacial score (nSPS) is 16.2. The minimum atomic E-state index is -0.0113. The Balaban J connectivity index is 1.98. The maximum atomic E-state index is 13.1. The van der Waals surface area contributed by atoms with Gasteiger partial charge in [0, 0.05) is 0 Å². The second kappa shape index (κ2) is 7.69. The standard InChI is InChI=1S/C20H19BrN2OSe/c1-3-14-7-11-17(12-8-14)23-19(24)18(22(4-2)20(23)25)13-15-5-9-16(21)10-6-15/h5-13H,3-4H2,1-2H3. The summed E-state index contributed by atoms with van der Waals surface area (Å²) in [4.78, 5) is 16.8. The summed E-state index contributed by atoms with van der Waals surface area (Å²) in [6.45, 7) is 4.89. The molecule has 25 heavy (non-hydrogen) atoms. The fraction of sp³-hybridized carbons (Fsp3) is 0.200. The van der Waals surface area contributed by atoms with E-state index >= 15 is 0 Å². The van der Waals surface area contributed by atoms with Crippen LogP contribution in [0.4, 0.5) is 5.69 Å². The zero-order valence-electron chi connectivity index (χ0n) is 14.2. The van der Waals surface area contributed by atoms with E-state index in [1.54, 1.807) is 4.90 Å². The van der Waals surface area contributed by atoms with Gasteiger partial charge in [0.15, 0.2) is 0 Å². The topological polar surface area (TPSA) is 23.6 Å². The number of nitrogens with zero attached hydrogens (tertiary/aromatic N) is 2. The summed E-state index contributed by atoms with van der Waals surface area (Å²) >= 11 is 6.51. The van der Waals surface area contributed by atoms with E-state index in [0.29, 0.717) is 5.70 Å². The molecule has 1 aliphatic rings. The number of anilines is 1. The molecule has 1 aliphatic heterocycles. The summed E-state index contributed by atoms with van der Waals surface area (Å²) in [6, 6.07) is 16.1. The molecule has 0 N–H and O–H groups in total. The summed E-state index contributed by atoms with van der Waals surface area (Å²) in [5.41, 5.74) is 3.82. The van der Waals surface area contributed by atoms with Crippen LogP contribution in [0.25, 0.3) is 6.08 Å². The third kappa shape index (κ3) is 3.64. The fourth-order valence-electron chi connectivity index (χ4n) is 2.81. The van der Waals surface area contributed by atoms with Crippen molar-refractivity contribution >= 4 is 53.8 Å². The van der Waals surface area contributed by atoms with Crippen LogP contribution in [0.2, 0.25) is 0 Å². The molecule has 0 radical (unpaired) electrons. The van der Waals surface area contributed by atoms with E-state index in [-0.39, 0.29) is 5.91 Å². The molecule has 3 rings (SSSR count). The molecule has 128 valence electrons. The predicted molar refractivity (Wildman–Crippen MR) is 109 cm³/mol. The number of aryl methyl sites for hydroxylation is 1. The fourth-order valence-corrected chi connectivity index (χ4v) is 3.95. The van der Waals surface area contributed by atoms with Crippen molar-refractivity contribution in [3.05, 3.63) is 69.8 Å². The van der Waals surface area contributed by atoms with E-state index in [1.807, 2.05) is 54.3 Å². The van der Waals surface area contributed by atoms with Crippen LogP contribution in [-0.4, -0.2) is 37.6 Å². The Morgan fingerprint density at radius 2 is 1.68 bits per heavy atom. The second-order valence-electron chi connectivity index (χ2n) is 5.77. The molecule has 3 nitrogen and oxygen atoms in total. The van der Waals surface area contributed by atoms with Crippen molar-refractivity contribution in [2.24, 2.45) is 0 Å². The first-order chi connectivity index (χ1) is 12.0. The van der Waals surface area contributed by atoms with Crippen molar-refractivity contribution in [1.29, 1.82) is 0 Å². The number of likely N-dealkylation sites (N-methyl/N-ethyl adjacent to an activating group) is 1. The van der Waals surface area contributed by atoms with Crippen molar-refractivity contribution in [1.82, 2.24) is 4.90 Å². The van der Waals surface area contributed by atoms with Gasteiger partial charge in [-0.3, -0.25) is 0 Å². The van der Waals surface area contributed by atoms with E-state index in [1.165, 1.54) is 5.56 Å². The van der Waals surface area contributed by atoms with E-state index in [4.69, 9.17) is 0 Å². The van der Waals surface area contributed by atoms with E-state index in [2.05, 4.69) is 50.6 Å². The molecule has 2 aromatic rings. The first kappa shape index (κ1) is 18.1. The van der Waals surface area contributed by atoms with Crippen LogP contribution < -0.4 is 4.90 Å². The Bertz CT molecular complexity index is 828. The Hall–Kier alpha value is -1.68. The number of hydrogen-bond acceptors (Lipinski definition) is 2. The van der Waals surface area contributed by atoms with Crippen molar-refractivity contribution in [2.45, 2.75) is 20.3 Å². The number of halogens is 1. The first-order valence-corrected chi connectivity index (χ1v) is 9.92. The van der Waals surface area contributed by atoms with Gasteiger partial charge in [-0.25, -0.2) is 0 Å². The molecule has 1 saturated heterocycles. The van der Waals surface area contributed by atoms with E-state index in [9.17, 15) is 4.79 Å². The molecule has 0 bridgehead atoms. The van der Waals surface area contributed by atoms with Gasteiger partial charge in [0.2, 0.25) is 0 Å². The molecule has 0 aliphatic carbocycles. The Morgan fingerprint density at radius 3 is 2.24 bits per heavy atom. The van der Waals surface area contributed by atoms with Gasteiger partial charge in [-0.1, -0.05) is 0 Å². The summed E-state index contributed by atoms with van der Waals surface area (Å²) in [7, 11) is 0. The maximum absolute atomic E-state index is 13.1. The van der Waals surface area contributed by atoms with Gasteiger partial charge in [-0.2, -0.15) is 0 Å². The zero-order chi connectivity index (χ0) is 18.0. The van der Waals surface area contributed by atoms with Crippen LogP contribution in [0.3, 0.4) is 0 Å². The SMILES string of the molecule is CCc1ccc(N2C(=O)C(=Cc3ccc(Br)cc3)N(CC)C2=[Se])cc1. The van der Waals surface area contributed by atoms with Gasteiger partial charge in [-0.05, 0) is 0 Å². The summed E-state index contributed by atoms with van der Waals surface area (Å²) in [5, 5.41) is 0.